The Labute approximate surface area is 273 Å². The van der Waals surface area contributed by atoms with Crippen LogP contribution in [-0.4, -0.2) is 70.5 Å². The number of carbonyl (C=O) groups excluding carboxylic acids is 1. The summed E-state index contributed by atoms with van der Waals surface area (Å²) in [7, 11) is 0. The van der Waals surface area contributed by atoms with Crippen LogP contribution in [0.25, 0.3) is 0 Å². The molecule has 3 aliphatic rings. The number of rotatable bonds is 8. The number of amides is 1. The highest BCUT2D eigenvalue weighted by Crippen LogP contribution is 2.38. The number of anilines is 4. The fraction of sp³-hybridized carbons (Fsp3) is 0.500. The zero-order valence-electron chi connectivity index (χ0n) is 25.6. The molecule has 11 nitrogen and oxygen atoms in total. The predicted molar refractivity (Wildman–Crippen MR) is 180 cm³/mol. The molecule has 1 amide bonds. The number of piperidine rings is 3. The molecule has 2 atom stereocenters. The van der Waals surface area contributed by atoms with Crippen molar-refractivity contribution < 1.29 is 9.90 Å². The predicted octanol–water partition coefficient (Wildman–Crippen LogP) is 4.02. The Balaban J connectivity index is 0.965. The number of hydrogen-bond acceptors (Lipinski definition) is 11. The standard InChI is InChI=1S/C32H42ClN9O2S/c1-32(10-15-42(16-11-32)26-19-37-31(29(35)39-26)45-24-4-2-3-23(34)28(24)33)38-18-20-8-13-41(14-9-20)25-17-21(7-12-36-25)22-5-6-27(43)40-30(22)44/h2-4,7,12,17,19-20,22,30,38,44H,5-6,8-11,13-16,18,34H2,1H3,(H2,35,39)(H,40,43). The smallest absolute Gasteiger partial charge is 0.222 e. The third kappa shape index (κ3) is 7.40. The van der Waals surface area contributed by atoms with Gasteiger partial charge in [0.05, 0.1) is 16.9 Å². The normalized spacial score (nSPS) is 22.3. The van der Waals surface area contributed by atoms with E-state index in [1.54, 1.807) is 12.3 Å². The Morgan fingerprint density at radius 2 is 1.84 bits per heavy atom. The van der Waals surface area contributed by atoms with Crippen molar-refractivity contribution in [2.45, 2.75) is 73.1 Å². The number of aliphatic hydroxyl groups is 1. The first kappa shape index (κ1) is 31.7. The second-order valence-corrected chi connectivity index (χ2v) is 14.1. The van der Waals surface area contributed by atoms with Crippen molar-refractivity contribution in [1.82, 2.24) is 25.6 Å². The summed E-state index contributed by atoms with van der Waals surface area (Å²) >= 11 is 7.72. The fourth-order valence-corrected chi connectivity index (χ4v) is 7.52. The summed E-state index contributed by atoms with van der Waals surface area (Å²) in [5.41, 5.74) is 13.9. The van der Waals surface area contributed by atoms with E-state index < -0.39 is 6.23 Å². The third-order valence-electron chi connectivity index (χ3n) is 9.47. The molecule has 240 valence electrons. The largest absolute Gasteiger partial charge is 0.397 e. The van der Waals surface area contributed by atoms with Crippen molar-refractivity contribution >= 4 is 52.4 Å². The minimum atomic E-state index is -0.845. The number of aliphatic hydroxyl groups excluding tert-OH is 1. The van der Waals surface area contributed by atoms with Crippen LogP contribution < -0.4 is 31.9 Å². The Kier molecular flexibility index (Phi) is 9.55. The van der Waals surface area contributed by atoms with Crippen LogP contribution >= 0.6 is 23.4 Å². The van der Waals surface area contributed by atoms with Crippen LogP contribution in [0.1, 0.15) is 56.9 Å². The maximum Gasteiger partial charge on any atom is 0.222 e. The molecule has 0 aliphatic carbocycles. The van der Waals surface area contributed by atoms with E-state index in [1.165, 1.54) is 11.8 Å². The van der Waals surface area contributed by atoms with Crippen LogP contribution in [0.5, 0.6) is 0 Å². The molecule has 0 bridgehead atoms. The molecule has 0 spiro atoms. The van der Waals surface area contributed by atoms with Gasteiger partial charge in [0.1, 0.15) is 22.9 Å². The number of carbonyl (C=O) groups is 1. The molecule has 0 radical (unpaired) electrons. The van der Waals surface area contributed by atoms with E-state index in [0.717, 1.165) is 80.5 Å². The van der Waals surface area contributed by atoms with Crippen molar-refractivity contribution in [2.24, 2.45) is 5.92 Å². The van der Waals surface area contributed by atoms with Gasteiger partial charge in [-0.25, -0.2) is 15.0 Å². The number of halogens is 1. The first-order valence-electron chi connectivity index (χ1n) is 15.7. The summed E-state index contributed by atoms with van der Waals surface area (Å²) in [6.07, 6.45) is 8.07. The second kappa shape index (κ2) is 13.6. The van der Waals surface area contributed by atoms with Gasteiger partial charge < -0.3 is 37.0 Å². The minimum absolute atomic E-state index is 0.0680. The van der Waals surface area contributed by atoms with Crippen LogP contribution in [0, 0.1) is 5.92 Å². The number of aromatic nitrogens is 3. The second-order valence-electron chi connectivity index (χ2n) is 12.6. The van der Waals surface area contributed by atoms with E-state index in [-0.39, 0.29) is 17.4 Å². The number of nitrogens with zero attached hydrogens (tertiary/aromatic N) is 5. The summed E-state index contributed by atoms with van der Waals surface area (Å²) in [6, 6.07) is 9.55. The quantitative estimate of drug-likeness (QED) is 0.224. The van der Waals surface area contributed by atoms with Gasteiger partial charge in [0, 0.05) is 55.1 Å². The monoisotopic (exact) mass is 651 g/mol. The number of nitrogen functional groups attached to an aromatic ring is 2. The summed E-state index contributed by atoms with van der Waals surface area (Å²) < 4.78 is 0. The third-order valence-corrected chi connectivity index (χ3v) is 11.1. The van der Waals surface area contributed by atoms with Gasteiger partial charge in [0.15, 0.2) is 5.82 Å². The molecule has 0 saturated carbocycles. The molecule has 45 heavy (non-hydrogen) atoms. The molecule has 7 N–H and O–H groups in total. The number of pyridine rings is 1. The van der Waals surface area contributed by atoms with Crippen LogP contribution in [0.15, 0.2) is 52.6 Å². The molecular weight excluding hydrogens is 610 g/mol. The molecular formula is C32H42ClN9O2S. The van der Waals surface area contributed by atoms with Gasteiger partial charge in [0.25, 0.3) is 0 Å². The molecule has 3 aliphatic heterocycles. The topological polar surface area (TPSA) is 159 Å². The Hall–Kier alpha value is -3.32. The summed E-state index contributed by atoms with van der Waals surface area (Å²) in [6.45, 7) is 6.99. The Bertz CT molecular complexity index is 1510. The molecule has 13 heteroatoms. The van der Waals surface area contributed by atoms with Gasteiger partial charge in [-0.15, -0.1) is 0 Å². The lowest BCUT2D eigenvalue weighted by Gasteiger charge is -2.42. The average Bonchev–Trinajstić information content (AvgIpc) is 3.04. The maximum atomic E-state index is 11.6. The van der Waals surface area contributed by atoms with E-state index in [2.05, 4.69) is 48.4 Å². The molecule has 6 rings (SSSR count). The lowest BCUT2D eigenvalue weighted by atomic mass is 9.87. The van der Waals surface area contributed by atoms with Gasteiger partial charge in [0.2, 0.25) is 5.91 Å². The molecule has 3 aromatic rings. The minimum Gasteiger partial charge on any atom is -0.397 e. The van der Waals surface area contributed by atoms with Crippen molar-refractivity contribution in [2.75, 3.05) is 54.0 Å². The number of hydrogen-bond donors (Lipinski definition) is 5. The number of nitrogens with two attached hydrogens (primary N) is 2. The van der Waals surface area contributed by atoms with E-state index in [9.17, 15) is 9.90 Å². The van der Waals surface area contributed by atoms with Crippen LogP contribution in [0.2, 0.25) is 5.02 Å². The zero-order chi connectivity index (χ0) is 31.6. The van der Waals surface area contributed by atoms with Gasteiger partial charge >= 0.3 is 0 Å². The van der Waals surface area contributed by atoms with Crippen LogP contribution in [0.4, 0.5) is 23.1 Å². The Morgan fingerprint density at radius 1 is 1.09 bits per heavy atom. The van der Waals surface area contributed by atoms with E-state index in [4.69, 9.17) is 23.1 Å². The van der Waals surface area contributed by atoms with Crippen molar-refractivity contribution in [3.63, 3.8) is 0 Å². The lowest BCUT2D eigenvalue weighted by molar-refractivity contribution is -0.127. The van der Waals surface area contributed by atoms with E-state index >= 15 is 0 Å². The van der Waals surface area contributed by atoms with Crippen LogP contribution in [0.3, 0.4) is 0 Å². The zero-order valence-corrected chi connectivity index (χ0v) is 27.2. The summed E-state index contributed by atoms with van der Waals surface area (Å²) in [5, 5.41) is 18.0. The van der Waals surface area contributed by atoms with E-state index in [0.29, 0.717) is 40.3 Å². The van der Waals surface area contributed by atoms with E-state index in [1.807, 2.05) is 24.4 Å². The molecule has 3 saturated heterocycles. The highest BCUT2D eigenvalue weighted by molar-refractivity contribution is 7.99. The molecule has 2 aromatic heterocycles. The van der Waals surface area contributed by atoms with Crippen molar-refractivity contribution in [3.8, 4) is 0 Å². The molecule has 3 fully saturated rings. The van der Waals surface area contributed by atoms with Gasteiger partial charge in [-0.3, -0.25) is 4.79 Å². The molecule has 5 heterocycles. The molecule has 1 aromatic carbocycles. The van der Waals surface area contributed by atoms with Crippen LogP contribution in [-0.2, 0) is 4.79 Å². The van der Waals surface area contributed by atoms with Gasteiger partial charge in [-0.1, -0.05) is 29.4 Å². The maximum absolute atomic E-state index is 11.6. The highest BCUT2D eigenvalue weighted by Gasteiger charge is 2.32. The highest BCUT2D eigenvalue weighted by atomic mass is 35.5. The number of nitrogens with one attached hydrogen (secondary N) is 2. The average molecular weight is 652 g/mol. The molecule has 2 unspecified atom stereocenters. The SMILES string of the molecule is CC1(NCC2CCN(c3cc(C4CCC(=O)NC4O)ccn3)CC2)CCN(c2cnc(Sc3cccc(N)c3Cl)c(N)n2)CC1. The first-order chi connectivity index (χ1) is 21.7. The fourth-order valence-electron chi connectivity index (χ4n) is 6.46. The number of benzene rings is 1. The van der Waals surface area contributed by atoms with Crippen molar-refractivity contribution in [1.29, 1.82) is 0 Å². The van der Waals surface area contributed by atoms with Gasteiger partial charge in [-0.05, 0) is 81.3 Å². The van der Waals surface area contributed by atoms with Gasteiger partial charge in [-0.2, -0.15) is 0 Å². The first-order valence-corrected chi connectivity index (χ1v) is 16.9. The Morgan fingerprint density at radius 3 is 2.58 bits per heavy atom. The summed E-state index contributed by atoms with van der Waals surface area (Å²) in [4.78, 5) is 30.9. The lowest BCUT2D eigenvalue weighted by Crippen LogP contribution is -2.53. The summed E-state index contributed by atoms with van der Waals surface area (Å²) in [5.74, 6) is 2.55. The van der Waals surface area contributed by atoms with Crippen molar-refractivity contribution in [3.05, 3.63) is 53.3 Å².